The van der Waals surface area contributed by atoms with E-state index >= 15 is 0 Å². The summed E-state index contributed by atoms with van der Waals surface area (Å²) in [5, 5.41) is 6.10. The van der Waals surface area contributed by atoms with E-state index < -0.39 is 0 Å². The first-order chi connectivity index (χ1) is 11.3. The van der Waals surface area contributed by atoms with E-state index in [1.165, 1.54) is 6.33 Å². The van der Waals surface area contributed by atoms with Crippen LogP contribution in [0.25, 0.3) is 0 Å². The highest BCUT2D eigenvalue weighted by atomic mass is 16.7. The topological polar surface area (TPSA) is 85.4 Å². The number of carbonyl (C=O) groups excluding carboxylic acids is 1. The van der Waals surface area contributed by atoms with Gasteiger partial charge in [-0.1, -0.05) is 6.07 Å². The van der Waals surface area contributed by atoms with Gasteiger partial charge >= 0.3 is 0 Å². The number of nitrogens with zero attached hydrogens (tertiary/aromatic N) is 2. The minimum Gasteiger partial charge on any atom is -0.454 e. The third kappa shape index (κ3) is 3.18. The highest BCUT2D eigenvalue weighted by molar-refractivity contribution is 5.92. The fourth-order valence-electron chi connectivity index (χ4n) is 2.32. The van der Waals surface area contributed by atoms with E-state index in [9.17, 15) is 4.79 Å². The number of hydrogen-bond acceptors (Lipinski definition) is 6. The smallest absolute Gasteiger partial charge is 0.270 e. The zero-order chi connectivity index (χ0) is 15.6. The maximum absolute atomic E-state index is 12.2. The zero-order valence-electron chi connectivity index (χ0n) is 12.4. The van der Waals surface area contributed by atoms with Crippen LogP contribution in [0.4, 0.5) is 5.82 Å². The molecule has 1 amide bonds. The van der Waals surface area contributed by atoms with Gasteiger partial charge in [-0.2, -0.15) is 0 Å². The lowest BCUT2D eigenvalue weighted by molar-refractivity contribution is 0.0945. The van der Waals surface area contributed by atoms with Crippen molar-refractivity contribution in [3.05, 3.63) is 41.9 Å². The van der Waals surface area contributed by atoms with Crippen LogP contribution in [0, 0.1) is 0 Å². The van der Waals surface area contributed by atoms with Crippen LogP contribution in [-0.2, 0) is 6.54 Å². The van der Waals surface area contributed by atoms with Crippen molar-refractivity contribution in [1.82, 2.24) is 15.3 Å². The SMILES string of the molecule is O=C(NCc1ccc2c(c1)OCO2)c1cc(NC2CC2)ncn1. The molecular weight excluding hydrogens is 296 g/mol. The summed E-state index contributed by atoms with van der Waals surface area (Å²) in [6, 6.07) is 7.75. The van der Waals surface area contributed by atoms with Crippen LogP contribution in [0.1, 0.15) is 28.9 Å². The van der Waals surface area contributed by atoms with Gasteiger partial charge in [-0.25, -0.2) is 9.97 Å². The summed E-state index contributed by atoms with van der Waals surface area (Å²) in [4.78, 5) is 20.4. The molecule has 118 valence electrons. The predicted molar refractivity (Wildman–Crippen MR) is 82.4 cm³/mol. The molecule has 1 fully saturated rings. The molecule has 1 aromatic heterocycles. The monoisotopic (exact) mass is 312 g/mol. The molecule has 2 N–H and O–H groups in total. The Bertz CT molecular complexity index is 746. The second-order valence-electron chi connectivity index (χ2n) is 5.58. The molecule has 1 aromatic carbocycles. The highest BCUT2D eigenvalue weighted by Gasteiger charge is 2.21. The summed E-state index contributed by atoms with van der Waals surface area (Å²) < 4.78 is 10.6. The van der Waals surface area contributed by atoms with Gasteiger partial charge in [0.2, 0.25) is 6.79 Å². The molecule has 1 saturated carbocycles. The van der Waals surface area contributed by atoms with Gasteiger partial charge in [-0.05, 0) is 30.5 Å². The van der Waals surface area contributed by atoms with Gasteiger partial charge in [0.05, 0.1) is 0 Å². The van der Waals surface area contributed by atoms with Crippen LogP contribution >= 0.6 is 0 Å². The molecule has 2 heterocycles. The number of aromatic nitrogens is 2. The Hall–Kier alpha value is -2.83. The normalized spacial score (nSPS) is 15.3. The third-order valence-corrected chi connectivity index (χ3v) is 3.72. The average molecular weight is 312 g/mol. The van der Waals surface area contributed by atoms with Crippen LogP contribution < -0.4 is 20.1 Å². The number of benzene rings is 1. The summed E-state index contributed by atoms with van der Waals surface area (Å²) >= 11 is 0. The molecule has 1 aliphatic carbocycles. The molecule has 0 spiro atoms. The lowest BCUT2D eigenvalue weighted by Gasteiger charge is -2.07. The third-order valence-electron chi connectivity index (χ3n) is 3.72. The number of carbonyl (C=O) groups is 1. The Kier molecular flexibility index (Phi) is 3.45. The Labute approximate surface area is 133 Å². The summed E-state index contributed by atoms with van der Waals surface area (Å²) in [7, 11) is 0. The second-order valence-corrected chi connectivity index (χ2v) is 5.58. The molecule has 4 rings (SSSR count). The van der Waals surface area contributed by atoms with Crippen molar-refractivity contribution in [3.63, 3.8) is 0 Å². The van der Waals surface area contributed by atoms with Crippen molar-refractivity contribution >= 4 is 11.7 Å². The van der Waals surface area contributed by atoms with Gasteiger partial charge in [0.25, 0.3) is 5.91 Å². The van der Waals surface area contributed by atoms with Gasteiger partial charge in [0.15, 0.2) is 11.5 Å². The second kappa shape index (κ2) is 5.75. The Morgan fingerprint density at radius 3 is 2.91 bits per heavy atom. The van der Waals surface area contributed by atoms with E-state index in [0.717, 1.165) is 24.2 Å². The maximum atomic E-state index is 12.2. The molecule has 1 aliphatic heterocycles. The van der Waals surface area contributed by atoms with Crippen LogP contribution in [0.15, 0.2) is 30.6 Å². The Morgan fingerprint density at radius 1 is 1.17 bits per heavy atom. The van der Waals surface area contributed by atoms with Crippen molar-refractivity contribution in [2.75, 3.05) is 12.1 Å². The predicted octanol–water partition coefficient (Wildman–Crippen LogP) is 1.71. The van der Waals surface area contributed by atoms with Gasteiger partial charge in [0.1, 0.15) is 17.8 Å². The summed E-state index contributed by atoms with van der Waals surface area (Å²) in [6.07, 6.45) is 3.70. The molecule has 2 aliphatic rings. The van der Waals surface area contributed by atoms with Gasteiger partial charge in [0, 0.05) is 18.7 Å². The van der Waals surface area contributed by atoms with Crippen LogP contribution in [0.3, 0.4) is 0 Å². The van der Waals surface area contributed by atoms with E-state index in [4.69, 9.17) is 9.47 Å². The fraction of sp³-hybridized carbons (Fsp3) is 0.312. The molecular formula is C16H16N4O3. The number of amides is 1. The number of hydrogen-bond donors (Lipinski definition) is 2. The quantitative estimate of drug-likeness (QED) is 0.874. The zero-order valence-corrected chi connectivity index (χ0v) is 12.4. The first kappa shape index (κ1) is 13.8. The first-order valence-electron chi connectivity index (χ1n) is 7.53. The lowest BCUT2D eigenvalue weighted by atomic mass is 10.2. The standard InChI is InChI=1S/C16H16N4O3/c21-16(12-6-15(19-8-18-12)20-11-2-3-11)17-7-10-1-4-13-14(5-10)23-9-22-13/h1,4-6,8,11H,2-3,7,9H2,(H,17,21)(H,18,19,20). The fourth-order valence-corrected chi connectivity index (χ4v) is 2.32. The molecule has 7 nitrogen and oxygen atoms in total. The van der Waals surface area contributed by atoms with E-state index in [1.54, 1.807) is 6.07 Å². The first-order valence-corrected chi connectivity index (χ1v) is 7.53. The van der Waals surface area contributed by atoms with Crippen LogP contribution in [-0.4, -0.2) is 28.7 Å². The van der Waals surface area contributed by atoms with E-state index in [0.29, 0.717) is 29.8 Å². The molecule has 2 aromatic rings. The van der Waals surface area contributed by atoms with Crippen molar-refractivity contribution in [2.24, 2.45) is 0 Å². The number of rotatable bonds is 5. The van der Waals surface area contributed by atoms with E-state index in [2.05, 4.69) is 20.6 Å². The number of ether oxygens (including phenoxy) is 2. The van der Waals surface area contributed by atoms with Gasteiger partial charge in [-0.3, -0.25) is 4.79 Å². The lowest BCUT2D eigenvalue weighted by Crippen LogP contribution is -2.24. The molecule has 7 heteroatoms. The summed E-state index contributed by atoms with van der Waals surface area (Å²) in [5.41, 5.74) is 1.29. The highest BCUT2D eigenvalue weighted by Crippen LogP contribution is 2.32. The number of anilines is 1. The van der Waals surface area contributed by atoms with Crippen molar-refractivity contribution in [3.8, 4) is 11.5 Å². The number of nitrogens with one attached hydrogen (secondary N) is 2. The molecule has 0 radical (unpaired) electrons. The minimum atomic E-state index is -0.232. The van der Waals surface area contributed by atoms with E-state index in [-0.39, 0.29) is 12.7 Å². The largest absolute Gasteiger partial charge is 0.454 e. The average Bonchev–Trinajstić information content (AvgIpc) is 3.26. The number of fused-ring (bicyclic) bond motifs is 1. The molecule has 0 saturated heterocycles. The van der Waals surface area contributed by atoms with Crippen LogP contribution in [0.5, 0.6) is 11.5 Å². The summed E-state index contributed by atoms with van der Waals surface area (Å²) in [6.45, 7) is 0.633. The van der Waals surface area contributed by atoms with E-state index in [1.807, 2.05) is 18.2 Å². The molecule has 0 atom stereocenters. The van der Waals surface area contributed by atoms with Gasteiger partial charge < -0.3 is 20.1 Å². The Morgan fingerprint density at radius 2 is 2.04 bits per heavy atom. The van der Waals surface area contributed by atoms with Gasteiger partial charge in [-0.15, -0.1) is 0 Å². The molecule has 23 heavy (non-hydrogen) atoms. The summed E-state index contributed by atoms with van der Waals surface area (Å²) in [5.74, 6) is 1.89. The van der Waals surface area contributed by atoms with Crippen molar-refractivity contribution < 1.29 is 14.3 Å². The molecule has 0 bridgehead atoms. The maximum Gasteiger partial charge on any atom is 0.270 e. The van der Waals surface area contributed by atoms with Crippen LogP contribution in [0.2, 0.25) is 0 Å². The Balaban J connectivity index is 1.39. The van der Waals surface area contributed by atoms with Crippen molar-refractivity contribution in [2.45, 2.75) is 25.4 Å². The minimum absolute atomic E-state index is 0.232. The van der Waals surface area contributed by atoms with Crippen molar-refractivity contribution in [1.29, 1.82) is 0 Å². The molecule has 0 unspecified atom stereocenters.